The zero-order chi connectivity index (χ0) is 21.0. The van der Waals surface area contributed by atoms with E-state index in [2.05, 4.69) is 10.0 Å². The van der Waals surface area contributed by atoms with Gasteiger partial charge in [0, 0.05) is 5.56 Å². The maximum absolute atomic E-state index is 12.7. The monoisotopic (exact) mass is 452 g/mol. The van der Waals surface area contributed by atoms with Gasteiger partial charge in [-0.3, -0.25) is 9.52 Å². The highest BCUT2D eigenvalue weighted by molar-refractivity contribution is 7.94. The summed E-state index contributed by atoms with van der Waals surface area (Å²) in [4.78, 5) is 12.7. The molecule has 0 fully saturated rings. The molecule has 3 aromatic rings. The van der Waals surface area contributed by atoms with Gasteiger partial charge < -0.3 is 14.8 Å². The van der Waals surface area contributed by atoms with E-state index in [1.807, 2.05) is 0 Å². The zero-order valence-electron chi connectivity index (χ0n) is 15.4. The van der Waals surface area contributed by atoms with Crippen molar-refractivity contribution in [3.05, 3.63) is 64.5 Å². The predicted octanol–water partition coefficient (Wildman–Crippen LogP) is 4.47. The highest BCUT2D eigenvalue weighted by Crippen LogP contribution is 2.36. The molecule has 0 bridgehead atoms. The number of carbonyl (C=O) groups excluding carboxylic acids is 1. The Kier molecular flexibility index (Phi) is 6.31. The Morgan fingerprint density at radius 3 is 2.38 bits per heavy atom. The molecule has 152 valence electrons. The summed E-state index contributed by atoms with van der Waals surface area (Å²) in [7, 11) is -0.881. The van der Waals surface area contributed by atoms with E-state index in [0.717, 1.165) is 11.3 Å². The number of ether oxygens (including phenoxy) is 2. The standard InChI is InChI=1S/C19H17ClN2O5S2/c1-26-16-11-12(10-13(20)18(16)27-2)19(23)21-14-6-3-4-7-15(14)22-29(24,25)17-8-5-9-28-17/h3-11,22H,1-2H3,(H,21,23). The molecule has 29 heavy (non-hydrogen) atoms. The molecule has 1 amide bonds. The Hall–Kier alpha value is -2.75. The molecule has 0 atom stereocenters. The van der Waals surface area contributed by atoms with Crippen molar-refractivity contribution in [3.63, 3.8) is 0 Å². The Bertz CT molecular complexity index is 1130. The van der Waals surface area contributed by atoms with Crippen molar-refractivity contribution in [3.8, 4) is 11.5 Å². The highest BCUT2D eigenvalue weighted by Gasteiger charge is 2.19. The van der Waals surface area contributed by atoms with Crippen molar-refractivity contribution in [2.75, 3.05) is 24.3 Å². The second-order valence-corrected chi connectivity index (χ2v) is 9.00. The van der Waals surface area contributed by atoms with Crippen LogP contribution in [0.3, 0.4) is 0 Å². The first-order valence-corrected chi connectivity index (χ1v) is 11.0. The number of hydrogen-bond donors (Lipinski definition) is 2. The quantitative estimate of drug-likeness (QED) is 0.551. The average molecular weight is 453 g/mol. The Morgan fingerprint density at radius 1 is 1.03 bits per heavy atom. The first-order valence-electron chi connectivity index (χ1n) is 8.24. The van der Waals surface area contributed by atoms with E-state index in [4.69, 9.17) is 21.1 Å². The molecule has 2 aromatic carbocycles. The van der Waals surface area contributed by atoms with Crippen molar-refractivity contribution in [1.82, 2.24) is 0 Å². The molecule has 0 spiro atoms. The van der Waals surface area contributed by atoms with Gasteiger partial charge in [-0.1, -0.05) is 29.8 Å². The second kappa shape index (κ2) is 8.73. The van der Waals surface area contributed by atoms with E-state index in [1.54, 1.807) is 35.7 Å². The molecule has 0 radical (unpaired) electrons. The minimum atomic E-state index is -3.76. The molecule has 0 aliphatic heterocycles. The molecule has 0 aliphatic carbocycles. The van der Waals surface area contributed by atoms with Crippen LogP contribution in [-0.2, 0) is 10.0 Å². The maximum Gasteiger partial charge on any atom is 0.271 e. The zero-order valence-corrected chi connectivity index (χ0v) is 17.8. The van der Waals surface area contributed by atoms with Gasteiger partial charge in [-0.2, -0.15) is 0 Å². The summed E-state index contributed by atoms with van der Waals surface area (Å²) in [6, 6.07) is 12.6. The summed E-state index contributed by atoms with van der Waals surface area (Å²) < 4.78 is 38.1. The Balaban J connectivity index is 1.88. The molecule has 2 N–H and O–H groups in total. The smallest absolute Gasteiger partial charge is 0.271 e. The predicted molar refractivity (Wildman–Crippen MR) is 114 cm³/mol. The largest absolute Gasteiger partial charge is 0.493 e. The van der Waals surface area contributed by atoms with Gasteiger partial charge in [0.2, 0.25) is 0 Å². The van der Waals surface area contributed by atoms with E-state index in [1.165, 1.54) is 32.4 Å². The number of rotatable bonds is 7. The van der Waals surface area contributed by atoms with Crippen LogP contribution in [0.25, 0.3) is 0 Å². The molecular weight excluding hydrogens is 436 g/mol. The van der Waals surface area contributed by atoms with E-state index in [9.17, 15) is 13.2 Å². The van der Waals surface area contributed by atoms with Gasteiger partial charge in [-0.15, -0.1) is 11.3 Å². The van der Waals surface area contributed by atoms with Crippen LogP contribution in [0.2, 0.25) is 5.02 Å². The summed E-state index contributed by atoms with van der Waals surface area (Å²) in [6.45, 7) is 0. The Morgan fingerprint density at radius 2 is 1.76 bits per heavy atom. The van der Waals surface area contributed by atoms with Gasteiger partial charge in [0.1, 0.15) is 4.21 Å². The fourth-order valence-electron chi connectivity index (χ4n) is 2.54. The summed E-state index contributed by atoms with van der Waals surface area (Å²) in [5, 5.41) is 4.57. The molecule has 0 saturated carbocycles. The molecule has 0 saturated heterocycles. The molecule has 7 nitrogen and oxygen atoms in total. The van der Waals surface area contributed by atoms with Gasteiger partial charge in [0.25, 0.3) is 15.9 Å². The summed E-state index contributed by atoms with van der Waals surface area (Å²) in [5.74, 6) is 0.127. The first-order chi connectivity index (χ1) is 13.9. The first kappa shape index (κ1) is 21.0. The van der Waals surface area contributed by atoms with Crippen LogP contribution >= 0.6 is 22.9 Å². The lowest BCUT2D eigenvalue weighted by atomic mass is 10.1. The van der Waals surface area contributed by atoms with Crippen LogP contribution in [0.15, 0.2) is 58.1 Å². The molecule has 0 unspecified atom stereocenters. The molecule has 1 heterocycles. The topological polar surface area (TPSA) is 93.7 Å². The molecule has 1 aromatic heterocycles. The third-order valence-electron chi connectivity index (χ3n) is 3.88. The van der Waals surface area contributed by atoms with Crippen molar-refractivity contribution in [2.24, 2.45) is 0 Å². The molecular formula is C19H17ClN2O5S2. The van der Waals surface area contributed by atoms with Crippen molar-refractivity contribution in [2.45, 2.75) is 4.21 Å². The normalized spacial score (nSPS) is 11.0. The number of amides is 1. The van der Waals surface area contributed by atoms with Gasteiger partial charge in [0.05, 0.1) is 30.6 Å². The fraction of sp³-hybridized carbons (Fsp3) is 0.105. The van der Waals surface area contributed by atoms with Crippen molar-refractivity contribution in [1.29, 1.82) is 0 Å². The van der Waals surface area contributed by atoms with Crippen molar-refractivity contribution < 1.29 is 22.7 Å². The lowest BCUT2D eigenvalue weighted by Gasteiger charge is -2.14. The van der Waals surface area contributed by atoms with E-state index >= 15 is 0 Å². The summed E-state index contributed by atoms with van der Waals surface area (Å²) in [5.41, 5.74) is 0.757. The van der Waals surface area contributed by atoms with Crippen LogP contribution in [-0.4, -0.2) is 28.5 Å². The minimum absolute atomic E-state index is 0.172. The number of thiophene rings is 1. The van der Waals surface area contributed by atoms with E-state index in [0.29, 0.717) is 17.2 Å². The number of methoxy groups -OCH3 is 2. The lowest BCUT2D eigenvalue weighted by molar-refractivity contribution is 0.102. The average Bonchev–Trinajstić information content (AvgIpc) is 3.24. The lowest BCUT2D eigenvalue weighted by Crippen LogP contribution is -2.16. The van der Waals surface area contributed by atoms with E-state index < -0.39 is 15.9 Å². The number of nitrogens with one attached hydrogen (secondary N) is 2. The number of hydrogen-bond acceptors (Lipinski definition) is 6. The van der Waals surface area contributed by atoms with Crippen LogP contribution in [0.4, 0.5) is 11.4 Å². The van der Waals surface area contributed by atoms with Gasteiger partial charge >= 0.3 is 0 Å². The van der Waals surface area contributed by atoms with Crippen LogP contribution in [0, 0.1) is 0 Å². The second-order valence-electron chi connectivity index (χ2n) is 5.73. The highest BCUT2D eigenvalue weighted by atomic mass is 35.5. The third kappa shape index (κ3) is 4.64. The van der Waals surface area contributed by atoms with Crippen LogP contribution in [0.1, 0.15) is 10.4 Å². The minimum Gasteiger partial charge on any atom is -0.493 e. The van der Waals surface area contributed by atoms with Gasteiger partial charge in [-0.25, -0.2) is 8.42 Å². The third-order valence-corrected chi connectivity index (χ3v) is 6.92. The number of halogens is 1. The number of carbonyl (C=O) groups is 1. The van der Waals surface area contributed by atoms with Gasteiger partial charge in [0.15, 0.2) is 11.5 Å². The van der Waals surface area contributed by atoms with E-state index in [-0.39, 0.29) is 20.5 Å². The number of benzene rings is 2. The summed E-state index contributed by atoms with van der Waals surface area (Å²) >= 11 is 7.26. The molecule has 10 heteroatoms. The summed E-state index contributed by atoms with van der Waals surface area (Å²) in [6.07, 6.45) is 0. The molecule has 0 aliphatic rings. The SMILES string of the molecule is COc1cc(C(=O)Nc2ccccc2NS(=O)(=O)c2cccs2)cc(Cl)c1OC. The number of sulfonamides is 1. The molecule has 3 rings (SSSR count). The maximum atomic E-state index is 12.7. The van der Waals surface area contributed by atoms with Gasteiger partial charge in [-0.05, 0) is 35.7 Å². The number of para-hydroxylation sites is 2. The fourth-order valence-corrected chi connectivity index (χ4v) is 4.90. The van der Waals surface area contributed by atoms with Crippen molar-refractivity contribution >= 4 is 50.2 Å². The Labute approximate surface area is 177 Å². The van der Waals surface area contributed by atoms with Crippen LogP contribution in [0.5, 0.6) is 11.5 Å². The number of anilines is 2. The van der Waals surface area contributed by atoms with Crippen LogP contribution < -0.4 is 19.5 Å².